The first kappa shape index (κ1) is 18.9. The quantitative estimate of drug-likeness (QED) is 0.811. The van der Waals surface area contributed by atoms with Gasteiger partial charge in [0, 0.05) is 30.1 Å². The summed E-state index contributed by atoms with van der Waals surface area (Å²) in [6, 6.07) is 2.85. The number of primary sulfonamides is 1. The van der Waals surface area contributed by atoms with E-state index in [0.29, 0.717) is 5.69 Å². The van der Waals surface area contributed by atoms with Crippen molar-refractivity contribution in [3.05, 3.63) is 46.3 Å². The number of sulfonamides is 1. The molecule has 2 aromatic rings. The molecule has 0 spiro atoms. The van der Waals surface area contributed by atoms with Crippen molar-refractivity contribution >= 4 is 27.7 Å². The van der Waals surface area contributed by atoms with Crippen LogP contribution in [0.25, 0.3) is 6.08 Å². The second kappa shape index (κ2) is 6.81. The second-order valence-electron chi connectivity index (χ2n) is 5.99. The molecule has 0 unspecified atom stereocenters. The summed E-state index contributed by atoms with van der Waals surface area (Å²) in [7, 11) is -2.01. The van der Waals surface area contributed by atoms with Gasteiger partial charge in [-0.3, -0.25) is 9.48 Å². The van der Waals surface area contributed by atoms with E-state index in [0.717, 1.165) is 28.1 Å². The van der Waals surface area contributed by atoms with E-state index in [4.69, 9.17) is 5.14 Å². The lowest BCUT2D eigenvalue weighted by Gasteiger charge is -2.11. The fraction of sp³-hybridized carbons (Fsp3) is 0.294. The molecule has 0 atom stereocenters. The lowest BCUT2D eigenvalue weighted by molar-refractivity contribution is -0.111. The lowest BCUT2D eigenvalue weighted by Crippen LogP contribution is -2.15. The molecule has 1 heterocycles. The summed E-state index contributed by atoms with van der Waals surface area (Å²) in [6.07, 6.45) is 3.09. The fourth-order valence-corrected chi connectivity index (χ4v) is 3.11. The number of benzene rings is 1. The molecular weight excluding hydrogens is 340 g/mol. The van der Waals surface area contributed by atoms with Crippen molar-refractivity contribution in [2.45, 2.75) is 32.6 Å². The number of aryl methyl sites for hydroxylation is 3. The predicted molar refractivity (Wildman–Crippen MR) is 97.6 cm³/mol. The molecule has 0 saturated carbocycles. The second-order valence-corrected chi connectivity index (χ2v) is 7.55. The molecule has 0 fully saturated rings. The highest BCUT2D eigenvalue weighted by atomic mass is 32.2. The van der Waals surface area contributed by atoms with Crippen molar-refractivity contribution in [1.82, 2.24) is 9.78 Å². The van der Waals surface area contributed by atoms with Gasteiger partial charge < -0.3 is 5.32 Å². The first-order valence-electron chi connectivity index (χ1n) is 7.64. The van der Waals surface area contributed by atoms with E-state index in [1.807, 2.05) is 20.9 Å². The van der Waals surface area contributed by atoms with Crippen molar-refractivity contribution in [2.24, 2.45) is 12.2 Å². The van der Waals surface area contributed by atoms with Gasteiger partial charge >= 0.3 is 0 Å². The third-order valence-electron chi connectivity index (χ3n) is 4.19. The first-order valence-corrected chi connectivity index (χ1v) is 9.18. The van der Waals surface area contributed by atoms with E-state index < -0.39 is 10.0 Å². The van der Waals surface area contributed by atoms with Crippen molar-refractivity contribution in [2.75, 3.05) is 5.32 Å². The minimum absolute atomic E-state index is 0.0335. The van der Waals surface area contributed by atoms with Gasteiger partial charge in [0.05, 0.1) is 10.6 Å². The maximum absolute atomic E-state index is 12.2. The van der Waals surface area contributed by atoms with Crippen molar-refractivity contribution in [3.8, 4) is 0 Å². The zero-order valence-electron chi connectivity index (χ0n) is 14.9. The summed E-state index contributed by atoms with van der Waals surface area (Å²) in [5.41, 5.74) is 4.58. The first-order chi connectivity index (χ1) is 11.5. The fourth-order valence-electron chi connectivity index (χ4n) is 2.48. The average Bonchev–Trinajstić information content (AvgIpc) is 2.73. The molecule has 3 N–H and O–H groups in total. The highest BCUT2D eigenvalue weighted by molar-refractivity contribution is 7.89. The van der Waals surface area contributed by atoms with E-state index in [2.05, 4.69) is 10.4 Å². The summed E-state index contributed by atoms with van der Waals surface area (Å²) in [6.45, 7) is 7.35. The molecule has 25 heavy (non-hydrogen) atoms. The molecule has 1 aromatic carbocycles. The zero-order valence-corrected chi connectivity index (χ0v) is 15.7. The molecule has 2 rings (SSSR count). The van der Waals surface area contributed by atoms with Gasteiger partial charge in [0.15, 0.2) is 0 Å². The number of aromatic nitrogens is 2. The van der Waals surface area contributed by atoms with Crippen LogP contribution in [0.1, 0.15) is 28.1 Å². The third-order valence-corrected chi connectivity index (χ3v) is 5.09. The number of nitrogens with two attached hydrogens (primary N) is 1. The van der Waals surface area contributed by atoms with Crippen molar-refractivity contribution < 1.29 is 13.2 Å². The monoisotopic (exact) mass is 362 g/mol. The summed E-state index contributed by atoms with van der Waals surface area (Å²) in [5.74, 6) is -0.364. The smallest absolute Gasteiger partial charge is 0.248 e. The Morgan fingerprint density at radius 2 is 1.88 bits per heavy atom. The van der Waals surface area contributed by atoms with Crippen LogP contribution in [-0.4, -0.2) is 24.1 Å². The number of anilines is 1. The molecule has 1 amide bonds. The van der Waals surface area contributed by atoms with Crippen molar-refractivity contribution in [3.63, 3.8) is 0 Å². The molecule has 8 heteroatoms. The number of amides is 1. The molecule has 134 valence electrons. The number of carbonyl (C=O) groups excluding carboxylic acids is 1. The maximum atomic E-state index is 12.2. The highest BCUT2D eigenvalue weighted by Gasteiger charge is 2.14. The van der Waals surface area contributed by atoms with Crippen LogP contribution in [0.4, 0.5) is 5.69 Å². The van der Waals surface area contributed by atoms with Gasteiger partial charge in [0.1, 0.15) is 0 Å². The number of hydrogen-bond acceptors (Lipinski definition) is 4. The van der Waals surface area contributed by atoms with E-state index in [1.54, 1.807) is 24.6 Å². The minimum Gasteiger partial charge on any atom is -0.322 e. The van der Waals surface area contributed by atoms with Gasteiger partial charge in [0.25, 0.3) is 0 Å². The number of rotatable bonds is 4. The summed E-state index contributed by atoms with van der Waals surface area (Å²) >= 11 is 0. The van der Waals surface area contributed by atoms with Crippen LogP contribution in [0.15, 0.2) is 23.1 Å². The standard InChI is InChI=1S/C17H22N4O3S/c1-10-8-14(25(18,23)24)9-16(11(10)2)19-17(22)7-6-15-12(3)20-21(5)13(15)4/h6-9H,1-5H3,(H,19,22)(H2,18,23,24)/b7-6+. The molecule has 0 aliphatic heterocycles. The topological polar surface area (TPSA) is 107 Å². The molecule has 0 aliphatic rings. The van der Waals surface area contributed by atoms with Gasteiger partial charge in [-0.15, -0.1) is 0 Å². The van der Waals surface area contributed by atoms with E-state index in [-0.39, 0.29) is 10.8 Å². The van der Waals surface area contributed by atoms with Crippen LogP contribution in [-0.2, 0) is 21.9 Å². The molecule has 1 aromatic heterocycles. The van der Waals surface area contributed by atoms with E-state index in [9.17, 15) is 13.2 Å². The van der Waals surface area contributed by atoms with Crippen LogP contribution < -0.4 is 10.5 Å². The summed E-state index contributed by atoms with van der Waals surface area (Å²) < 4.78 is 24.9. The average molecular weight is 362 g/mol. The molecule has 0 saturated heterocycles. The van der Waals surface area contributed by atoms with Crippen LogP contribution >= 0.6 is 0 Å². The van der Waals surface area contributed by atoms with Gasteiger partial charge in [0.2, 0.25) is 15.9 Å². The molecule has 0 aliphatic carbocycles. The van der Waals surface area contributed by atoms with Gasteiger partial charge in [-0.05, 0) is 57.0 Å². The maximum Gasteiger partial charge on any atom is 0.248 e. The lowest BCUT2D eigenvalue weighted by atomic mass is 10.1. The third kappa shape index (κ3) is 4.15. The molecule has 0 bridgehead atoms. The Hall–Kier alpha value is -2.45. The van der Waals surface area contributed by atoms with Crippen molar-refractivity contribution in [1.29, 1.82) is 0 Å². The van der Waals surface area contributed by atoms with Crippen LogP contribution in [0.2, 0.25) is 0 Å². The zero-order chi connectivity index (χ0) is 18.9. The normalized spacial score (nSPS) is 11.9. The van der Waals surface area contributed by atoms with Gasteiger partial charge in [-0.25, -0.2) is 13.6 Å². The van der Waals surface area contributed by atoms with E-state index >= 15 is 0 Å². The number of hydrogen-bond donors (Lipinski definition) is 2. The molecular formula is C17H22N4O3S. The summed E-state index contributed by atoms with van der Waals surface area (Å²) in [4.78, 5) is 12.2. The summed E-state index contributed by atoms with van der Waals surface area (Å²) in [5, 5.41) is 12.2. The predicted octanol–water partition coefficient (Wildman–Crippen LogP) is 1.95. The van der Waals surface area contributed by atoms with Crippen LogP contribution in [0.5, 0.6) is 0 Å². The largest absolute Gasteiger partial charge is 0.322 e. The van der Waals surface area contributed by atoms with Crippen LogP contribution in [0, 0.1) is 27.7 Å². The number of nitrogens with one attached hydrogen (secondary N) is 1. The Kier molecular flexibility index (Phi) is 5.15. The highest BCUT2D eigenvalue weighted by Crippen LogP contribution is 2.23. The van der Waals surface area contributed by atoms with Gasteiger partial charge in [-0.2, -0.15) is 5.10 Å². The Bertz CT molecular complexity index is 972. The Morgan fingerprint density at radius 1 is 1.24 bits per heavy atom. The number of carbonyl (C=O) groups is 1. The Labute approximate surface area is 147 Å². The molecule has 7 nitrogen and oxygen atoms in total. The van der Waals surface area contributed by atoms with E-state index in [1.165, 1.54) is 18.2 Å². The van der Waals surface area contributed by atoms with Crippen LogP contribution in [0.3, 0.4) is 0 Å². The Morgan fingerprint density at radius 3 is 2.40 bits per heavy atom. The molecule has 0 radical (unpaired) electrons. The minimum atomic E-state index is -3.84. The Balaban J connectivity index is 2.29. The SMILES string of the molecule is Cc1cc(S(N)(=O)=O)cc(NC(=O)/C=C/c2c(C)nn(C)c2C)c1C. The number of nitrogens with zero attached hydrogens (tertiary/aromatic N) is 2. The van der Waals surface area contributed by atoms with Gasteiger partial charge in [-0.1, -0.05) is 0 Å².